The molecule has 0 spiro atoms. The van der Waals surface area contributed by atoms with Gasteiger partial charge in [0.2, 0.25) is 0 Å². The van der Waals surface area contributed by atoms with Crippen molar-refractivity contribution in [3.8, 4) is 0 Å². The van der Waals surface area contributed by atoms with Crippen LogP contribution in [0, 0.1) is 18.6 Å². The summed E-state index contributed by atoms with van der Waals surface area (Å²) in [5.41, 5.74) is 2.22. The first-order valence-electron chi connectivity index (χ1n) is 11.5. The molecule has 4 nitrogen and oxygen atoms in total. The molecule has 2 aromatic heterocycles. The molecule has 0 aliphatic rings. The Labute approximate surface area is 219 Å². The van der Waals surface area contributed by atoms with Crippen molar-refractivity contribution in [2.75, 3.05) is 0 Å². The van der Waals surface area contributed by atoms with E-state index in [0.717, 1.165) is 18.3 Å². The van der Waals surface area contributed by atoms with E-state index in [4.69, 9.17) is 0 Å². The van der Waals surface area contributed by atoms with Crippen LogP contribution in [0.5, 0.6) is 0 Å². The van der Waals surface area contributed by atoms with Crippen molar-refractivity contribution in [1.29, 1.82) is 0 Å². The zero-order valence-corrected chi connectivity index (χ0v) is 21.9. The molecule has 3 aromatic rings. The third kappa shape index (κ3) is 11.8. The molecule has 0 unspecified atom stereocenters. The Morgan fingerprint density at radius 1 is 1.03 bits per heavy atom. The molecule has 3 rings (SSSR count). The summed E-state index contributed by atoms with van der Waals surface area (Å²) >= 11 is 0. The van der Waals surface area contributed by atoms with Gasteiger partial charge in [-0.15, -0.1) is 0 Å². The SMILES string of the molecule is C=C(N=C(C)/C=C(\C)C(C)=O)c1cncc(C(F)(F)F)c1.CCc1ccc(F)cc1F.Cc1cccnc1. The van der Waals surface area contributed by atoms with Gasteiger partial charge >= 0.3 is 6.18 Å². The molecule has 2 heterocycles. The van der Waals surface area contributed by atoms with Gasteiger partial charge in [0.15, 0.2) is 5.78 Å². The lowest BCUT2D eigenvalue weighted by Gasteiger charge is -2.08. The maximum absolute atomic E-state index is 12.6. The molecule has 0 atom stereocenters. The number of aliphatic imine (C=N–C) groups is 1. The van der Waals surface area contributed by atoms with Crippen molar-refractivity contribution >= 4 is 17.2 Å². The van der Waals surface area contributed by atoms with Gasteiger partial charge in [-0.05, 0) is 75.1 Å². The quantitative estimate of drug-likeness (QED) is 0.191. The monoisotopic (exact) mass is 531 g/mol. The van der Waals surface area contributed by atoms with Crippen LogP contribution in [0.25, 0.3) is 5.70 Å². The number of ketones is 1. The number of hydrogen-bond donors (Lipinski definition) is 0. The van der Waals surface area contributed by atoms with Gasteiger partial charge in [-0.3, -0.25) is 19.8 Å². The second-order valence-corrected chi connectivity index (χ2v) is 8.16. The topological polar surface area (TPSA) is 55.2 Å². The van der Waals surface area contributed by atoms with Crippen LogP contribution in [0.1, 0.15) is 49.9 Å². The Bertz CT molecular complexity index is 1280. The zero-order valence-electron chi connectivity index (χ0n) is 21.9. The number of rotatable bonds is 5. The number of hydrogen-bond acceptors (Lipinski definition) is 4. The maximum atomic E-state index is 12.6. The molecular weight excluding hydrogens is 501 g/mol. The van der Waals surface area contributed by atoms with Crippen molar-refractivity contribution in [2.45, 2.75) is 47.2 Å². The minimum atomic E-state index is -4.47. The predicted octanol–water partition coefficient (Wildman–Crippen LogP) is 7.98. The fourth-order valence-electron chi connectivity index (χ4n) is 2.73. The van der Waals surface area contributed by atoms with Crippen molar-refractivity contribution in [3.05, 3.63) is 113 Å². The van der Waals surface area contributed by atoms with Crippen molar-refractivity contribution in [3.63, 3.8) is 0 Å². The number of Topliss-reactive ketones (excluding diaryl/α,β-unsaturated/α-hetero) is 1. The molecule has 0 fully saturated rings. The molecule has 1 aromatic carbocycles. The lowest BCUT2D eigenvalue weighted by atomic mass is 10.1. The minimum Gasteiger partial charge on any atom is -0.295 e. The molecule has 0 N–H and O–H groups in total. The van der Waals surface area contributed by atoms with Crippen molar-refractivity contribution < 1.29 is 26.7 Å². The summed E-state index contributed by atoms with van der Waals surface area (Å²) in [6.07, 6.45) is 3.30. The second-order valence-electron chi connectivity index (χ2n) is 8.16. The van der Waals surface area contributed by atoms with Gasteiger partial charge in [0, 0.05) is 42.1 Å². The fourth-order valence-corrected chi connectivity index (χ4v) is 2.73. The van der Waals surface area contributed by atoms with E-state index in [9.17, 15) is 26.7 Å². The number of aromatic nitrogens is 2. The van der Waals surface area contributed by atoms with E-state index in [1.807, 2.05) is 32.2 Å². The summed E-state index contributed by atoms with van der Waals surface area (Å²) < 4.78 is 62.7. The summed E-state index contributed by atoms with van der Waals surface area (Å²) in [7, 11) is 0. The highest BCUT2D eigenvalue weighted by atomic mass is 19.4. The van der Waals surface area contributed by atoms with Crippen LogP contribution in [-0.4, -0.2) is 21.5 Å². The summed E-state index contributed by atoms with van der Waals surface area (Å²) in [6.45, 7) is 12.2. The Hall–Kier alpha value is -4.01. The van der Waals surface area contributed by atoms with Gasteiger partial charge in [0.05, 0.1) is 11.3 Å². The smallest absolute Gasteiger partial charge is 0.295 e. The summed E-state index contributed by atoms with van der Waals surface area (Å²) in [6, 6.07) is 8.52. The first-order valence-corrected chi connectivity index (χ1v) is 11.5. The molecule has 38 heavy (non-hydrogen) atoms. The molecule has 0 radical (unpaired) electrons. The Morgan fingerprint density at radius 2 is 1.71 bits per heavy atom. The summed E-state index contributed by atoms with van der Waals surface area (Å²) in [4.78, 5) is 22.6. The first kappa shape index (κ1) is 32.0. The van der Waals surface area contributed by atoms with Crippen LogP contribution >= 0.6 is 0 Å². The second kappa shape index (κ2) is 15.3. The van der Waals surface area contributed by atoms with Gasteiger partial charge in [-0.25, -0.2) is 8.78 Å². The largest absolute Gasteiger partial charge is 0.417 e. The van der Waals surface area contributed by atoms with E-state index in [2.05, 4.69) is 21.5 Å². The Morgan fingerprint density at radius 3 is 2.18 bits per heavy atom. The highest BCUT2D eigenvalue weighted by molar-refractivity contribution is 6.04. The minimum absolute atomic E-state index is 0.101. The van der Waals surface area contributed by atoms with Crippen LogP contribution in [0.3, 0.4) is 0 Å². The van der Waals surface area contributed by atoms with Gasteiger partial charge in [-0.1, -0.05) is 25.6 Å². The third-order valence-corrected chi connectivity index (χ3v) is 4.90. The van der Waals surface area contributed by atoms with E-state index in [0.29, 0.717) is 23.3 Å². The van der Waals surface area contributed by atoms with Crippen LogP contribution < -0.4 is 0 Å². The van der Waals surface area contributed by atoms with Crippen LogP contribution in [0.2, 0.25) is 0 Å². The van der Waals surface area contributed by atoms with E-state index in [1.54, 1.807) is 26.1 Å². The number of nitrogens with zero attached hydrogens (tertiary/aromatic N) is 3. The number of benzene rings is 1. The normalized spacial score (nSPS) is 11.5. The number of carbonyl (C=O) groups is 1. The first-order chi connectivity index (χ1) is 17.7. The van der Waals surface area contributed by atoms with Crippen LogP contribution in [-0.2, 0) is 17.4 Å². The molecule has 0 saturated carbocycles. The molecule has 0 amide bonds. The molecule has 9 heteroatoms. The molecule has 0 saturated heterocycles. The predicted molar refractivity (Wildman–Crippen MR) is 141 cm³/mol. The molecule has 0 aliphatic heterocycles. The Kier molecular flexibility index (Phi) is 12.9. The number of halogens is 5. The van der Waals surface area contributed by atoms with Gasteiger partial charge in [-0.2, -0.15) is 13.2 Å². The number of allylic oxidation sites excluding steroid dienone is 2. The highest BCUT2D eigenvalue weighted by Crippen LogP contribution is 2.30. The van der Waals surface area contributed by atoms with Crippen LogP contribution in [0.4, 0.5) is 22.0 Å². The average molecular weight is 532 g/mol. The lowest BCUT2D eigenvalue weighted by molar-refractivity contribution is -0.137. The molecule has 0 aliphatic carbocycles. The molecule has 0 bridgehead atoms. The van der Waals surface area contributed by atoms with Crippen molar-refractivity contribution in [1.82, 2.24) is 9.97 Å². The van der Waals surface area contributed by atoms with Crippen LogP contribution in [0.15, 0.2) is 84.4 Å². The molecular formula is C29H30F5N3O. The number of aryl methyl sites for hydroxylation is 2. The van der Waals surface area contributed by atoms with E-state index in [1.165, 1.54) is 30.8 Å². The van der Waals surface area contributed by atoms with Gasteiger partial charge in [0.1, 0.15) is 11.6 Å². The maximum Gasteiger partial charge on any atom is 0.417 e. The standard InChI is InChI=1S/C15H15F3N2O.C8H8F2.C6H7N/c1-9(12(4)21)5-10(2)20-11(3)13-6-14(8-19-7-13)15(16,17)18;1-2-6-3-4-7(9)5-8(6)10;1-6-3-2-4-7-5-6/h5-8H,3H2,1-2,4H3;3-5H,2H2,1H3;2-5H,1H3/b9-5+,20-10?;;. The number of carbonyl (C=O) groups excluding carboxylic acids is 1. The van der Waals surface area contributed by atoms with E-state index >= 15 is 0 Å². The van der Waals surface area contributed by atoms with E-state index in [-0.39, 0.29) is 17.0 Å². The Balaban J connectivity index is 0.000000345. The number of alkyl halides is 3. The zero-order chi connectivity index (χ0) is 28.9. The highest BCUT2D eigenvalue weighted by Gasteiger charge is 2.31. The average Bonchev–Trinajstić information content (AvgIpc) is 2.85. The number of pyridine rings is 2. The molecule has 202 valence electrons. The fraction of sp³-hybridized carbons (Fsp3) is 0.241. The lowest BCUT2D eigenvalue weighted by Crippen LogP contribution is -2.06. The summed E-state index contributed by atoms with van der Waals surface area (Å²) in [5.74, 6) is -1.08. The van der Waals surface area contributed by atoms with E-state index < -0.39 is 23.4 Å². The van der Waals surface area contributed by atoms with Gasteiger partial charge in [0.25, 0.3) is 0 Å². The van der Waals surface area contributed by atoms with Crippen molar-refractivity contribution in [2.24, 2.45) is 4.99 Å². The third-order valence-electron chi connectivity index (χ3n) is 4.90. The summed E-state index contributed by atoms with van der Waals surface area (Å²) in [5, 5.41) is 0. The van der Waals surface area contributed by atoms with Gasteiger partial charge < -0.3 is 0 Å².